The van der Waals surface area contributed by atoms with Gasteiger partial charge in [-0.15, -0.1) is 0 Å². The number of nitrogens with two attached hydrogens (primary N) is 1. The van der Waals surface area contributed by atoms with E-state index in [0.717, 1.165) is 37.0 Å². The molecule has 0 aliphatic carbocycles. The summed E-state index contributed by atoms with van der Waals surface area (Å²) >= 11 is 0. The Morgan fingerprint density at radius 2 is 2.14 bits per heavy atom. The molecule has 1 aliphatic heterocycles. The zero-order valence-corrected chi connectivity index (χ0v) is 13.2. The number of hydrogen-bond acceptors (Lipinski definition) is 4. The molecule has 1 aliphatic rings. The molecule has 1 aromatic rings. The molecule has 22 heavy (non-hydrogen) atoms. The van der Waals surface area contributed by atoms with Gasteiger partial charge in [0.15, 0.2) is 0 Å². The Morgan fingerprint density at radius 1 is 1.36 bits per heavy atom. The lowest BCUT2D eigenvalue weighted by molar-refractivity contribution is -0.132. The van der Waals surface area contributed by atoms with Gasteiger partial charge in [0.05, 0.1) is 12.7 Å². The van der Waals surface area contributed by atoms with Crippen LogP contribution in [0, 0.1) is 0 Å². The van der Waals surface area contributed by atoms with E-state index in [0.29, 0.717) is 19.7 Å². The summed E-state index contributed by atoms with van der Waals surface area (Å²) in [5, 5.41) is 2.96. The number of nitrogens with one attached hydrogen (secondary N) is 1. The maximum absolute atomic E-state index is 12.1. The molecule has 2 rings (SSSR count). The van der Waals surface area contributed by atoms with Gasteiger partial charge >= 0.3 is 0 Å². The van der Waals surface area contributed by atoms with E-state index in [2.05, 4.69) is 12.2 Å². The van der Waals surface area contributed by atoms with E-state index in [9.17, 15) is 4.79 Å². The first-order chi connectivity index (χ1) is 10.7. The fourth-order valence-electron chi connectivity index (χ4n) is 2.57. The Hall–Kier alpha value is -1.43. The molecule has 0 saturated carbocycles. The number of hydrogen-bond donors (Lipinski definition) is 2. The van der Waals surface area contributed by atoms with E-state index in [4.69, 9.17) is 15.2 Å². The van der Waals surface area contributed by atoms with Crippen molar-refractivity contribution in [2.45, 2.75) is 51.5 Å². The van der Waals surface area contributed by atoms with E-state index in [1.807, 2.05) is 24.3 Å². The van der Waals surface area contributed by atoms with Gasteiger partial charge in [0.2, 0.25) is 5.91 Å². The first kappa shape index (κ1) is 16.9. The smallest absolute Gasteiger partial charge is 0.249 e. The average molecular weight is 306 g/mol. The molecule has 0 aromatic heterocycles. The maximum atomic E-state index is 12.1. The summed E-state index contributed by atoms with van der Waals surface area (Å²) in [5.41, 5.74) is 7.77. The first-order valence-corrected chi connectivity index (χ1v) is 8.02. The van der Waals surface area contributed by atoms with E-state index < -0.39 is 0 Å². The van der Waals surface area contributed by atoms with Crippen LogP contribution in [0.25, 0.3) is 0 Å². The number of benzene rings is 1. The van der Waals surface area contributed by atoms with Crippen molar-refractivity contribution in [3.05, 3.63) is 35.4 Å². The summed E-state index contributed by atoms with van der Waals surface area (Å²) in [4.78, 5) is 12.1. The van der Waals surface area contributed by atoms with Crippen molar-refractivity contribution in [2.75, 3.05) is 13.2 Å². The van der Waals surface area contributed by atoms with Gasteiger partial charge in [-0.05, 0) is 30.4 Å². The highest BCUT2D eigenvalue weighted by atomic mass is 16.5. The highest BCUT2D eigenvalue weighted by Gasteiger charge is 2.29. The van der Waals surface area contributed by atoms with Gasteiger partial charge < -0.3 is 20.5 Å². The van der Waals surface area contributed by atoms with Crippen LogP contribution in [0.5, 0.6) is 0 Å². The minimum absolute atomic E-state index is 0.0190. The van der Waals surface area contributed by atoms with Crippen LogP contribution in [0.2, 0.25) is 0 Å². The topological polar surface area (TPSA) is 73.6 Å². The summed E-state index contributed by atoms with van der Waals surface area (Å²) in [6.07, 6.45) is 2.26. The fraction of sp³-hybridized carbons (Fsp3) is 0.588. The average Bonchev–Trinajstić information content (AvgIpc) is 3.03. The molecule has 0 unspecified atom stereocenters. The lowest BCUT2D eigenvalue weighted by Crippen LogP contribution is -2.35. The van der Waals surface area contributed by atoms with Crippen molar-refractivity contribution in [1.82, 2.24) is 5.32 Å². The van der Waals surface area contributed by atoms with E-state index in [-0.39, 0.29) is 18.1 Å². The van der Waals surface area contributed by atoms with Crippen molar-refractivity contribution in [3.8, 4) is 0 Å². The predicted molar refractivity (Wildman–Crippen MR) is 85.2 cm³/mol. The van der Waals surface area contributed by atoms with Crippen LogP contribution in [0.1, 0.15) is 37.3 Å². The summed E-state index contributed by atoms with van der Waals surface area (Å²) < 4.78 is 11.2. The summed E-state index contributed by atoms with van der Waals surface area (Å²) in [6, 6.07) is 8.01. The Bertz CT molecular complexity index is 479. The normalized spacial score (nSPS) is 21.0. The third-order valence-corrected chi connectivity index (χ3v) is 3.84. The van der Waals surface area contributed by atoms with E-state index >= 15 is 0 Å². The highest BCUT2D eigenvalue weighted by molar-refractivity contribution is 5.81. The Kier molecular flexibility index (Phi) is 6.83. The van der Waals surface area contributed by atoms with E-state index in [1.165, 1.54) is 0 Å². The Balaban J connectivity index is 1.84. The maximum Gasteiger partial charge on any atom is 0.249 e. The number of rotatable bonds is 8. The molecule has 0 bridgehead atoms. The van der Waals surface area contributed by atoms with E-state index in [1.54, 1.807) is 0 Å². The molecule has 1 saturated heterocycles. The van der Waals surface area contributed by atoms with Crippen LogP contribution in [-0.4, -0.2) is 31.3 Å². The predicted octanol–water partition coefficient (Wildman–Crippen LogP) is 1.74. The number of amides is 1. The molecule has 2 atom stereocenters. The molecule has 5 nitrogen and oxygen atoms in total. The summed E-state index contributed by atoms with van der Waals surface area (Å²) in [7, 11) is 0. The second-order valence-electron chi connectivity index (χ2n) is 5.60. The number of carbonyl (C=O) groups excluding carboxylic acids is 1. The van der Waals surface area contributed by atoms with Crippen molar-refractivity contribution < 1.29 is 14.3 Å². The van der Waals surface area contributed by atoms with Gasteiger partial charge in [-0.3, -0.25) is 4.79 Å². The molecule has 1 aromatic carbocycles. The Labute approximate surface area is 132 Å². The highest BCUT2D eigenvalue weighted by Crippen LogP contribution is 2.19. The Morgan fingerprint density at radius 3 is 2.82 bits per heavy atom. The van der Waals surface area contributed by atoms with Crippen LogP contribution in [-0.2, 0) is 27.4 Å². The molecule has 1 amide bonds. The zero-order valence-electron chi connectivity index (χ0n) is 13.2. The van der Waals surface area contributed by atoms with Gasteiger partial charge in [0.1, 0.15) is 6.10 Å². The molecular weight excluding hydrogens is 280 g/mol. The third-order valence-electron chi connectivity index (χ3n) is 3.84. The fourth-order valence-corrected chi connectivity index (χ4v) is 2.57. The number of ether oxygens (including phenoxy) is 2. The summed E-state index contributed by atoms with van der Waals surface area (Å²) in [6.45, 7) is 4.38. The minimum Gasteiger partial charge on any atom is -0.377 e. The summed E-state index contributed by atoms with van der Waals surface area (Å²) in [5.74, 6) is -0.0553. The molecular formula is C17H26N2O3. The van der Waals surface area contributed by atoms with Gasteiger partial charge in [-0.25, -0.2) is 0 Å². The lowest BCUT2D eigenvalue weighted by atomic mass is 10.1. The minimum atomic E-state index is -0.364. The van der Waals surface area contributed by atoms with Gasteiger partial charge in [0.25, 0.3) is 0 Å². The van der Waals surface area contributed by atoms with Crippen LogP contribution < -0.4 is 11.1 Å². The quantitative estimate of drug-likeness (QED) is 0.718. The molecule has 122 valence electrons. The zero-order chi connectivity index (χ0) is 15.8. The van der Waals surface area contributed by atoms with Crippen molar-refractivity contribution in [2.24, 2.45) is 5.73 Å². The van der Waals surface area contributed by atoms with Crippen molar-refractivity contribution in [3.63, 3.8) is 0 Å². The molecule has 1 fully saturated rings. The second-order valence-corrected chi connectivity index (χ2v) is 5.60. The van der Waals surface area contributed by atoms with Gasteiger partial charge in [-0.2, -0.15) is 0 Å². The first-order valence-electron chi connectivity index (χ1n) is 8.02. The van der Waals surface area contributed by atoms with Crippen LogP contribution in [0.3, 0.4) is 0 Å². The SMILES string of the molecule is CCCOCc1ccccc1CNC(=O)[C@@H]1CC[C@H](CN)O1. The van der Waals surface area contributed by atoms with Crippen LogP contribution in [0.4, 0.5) is 0 Å². The van der Waals surface area contributed by atoms with Crippen LogP contribution >= 0.6 is 0 Å². The largest absolute Gasteiger partial charge is 0.377 e. The van der Waals surface area contributed by atoms with Crippen molar-refractivity contribution in [1.29, 1.82) is 0 Å². The van der Waals surface area contributed by atoms with Gasteiger partial charge in [-0.1, -0.05) is 31.2 Å². The second kappa shape index (κ2) is 8.88. The van der Waals surface area contributed by atoms with Crippen molar-refractivity contribution >= 4 is 5.91 Å². The molecule has 5 heteroatoms. The lowest BCUT2D eigenvalue weighted by Gasteiger charge is -2.14. The molecule has 3 N–H and O–H groups in total. The molecule has 1 heterocycles. The third kappa shape index (κ3) is 4.80. The monoisotopic (exact) mass is 306 g/mol. The van der Waals surface area contributed by atoms with Gasteiger partial charge in [0, 0.05) is 19.7 Å². The van der Waals surface area contributed by atoms with Crippen LogP contribution in [0.15, 0.2) is 24.3 Å². The molecule has 0 radical (unpaired) electrons. The number of carbonyl (C=O) groups is 1. The standard InChI is InChI=1S/C17H26N2O3/c1-2-9-21-12-14-6-4-3-5-13(14)11-19-17(20)16-8-7-15(10-18)22-16/h3-6,15-16H,2,7-12,18H2,1H3,(H,19,20)/t15-,16+/m1/s1. The molecule has 0 spiro atoms.